The zero-order chi connectivity index (χ0) is 18.0. The lowest BCUT2D eigenvalue weighted by Crippen LogP contribution is -2.12. The van der Waals surface area contributed by atoms with Crippen LogP contribution in [0.4, 0.5) is 10.1 Å². The van der Waals surface area contributed by atoms with Crippen molar-refractivity contribution in [3.05, 3.63) is 63.1 Å². The first kappa shape index (κ1) is 16.8. The highest BCUT2D eigenvalue weighted by Gasteiger charge is 2.20. The minimum absolute atomic E-state index is 0.205. The van der Waals surface area contributed by atoms with Gasteiger partial charge in [-0.2, -0.15) is 0 Å². The van der Waals surface area contributed by atoms with Crippen molar-refractivity contribution in [2.24, 2.45) is 0 Å². The molecule has 25 heavy (non-hydrogen) atoms. The highest BCUT2D eigenvalue weighted by molar-refractivity contribution is 7.13. The van der Waals surface area contributed by atoms with Gasteiger partial charge >= 0.3 is 11.7 Å². The van der Waals surface area contributed by atoms with E-state index in [0.717, 1.165) is 24.0 Å². The maximum atomic E-state index is 13.2. The van der Waals surface area contributed by atoms with Crippen LogP contribution in [0.1, 0.15) is 11.5 Å². The second kappa shape index (κ2) is 6.81. The summed E-state index contributed by atoms with van der Waals surface area (Å²) in [5.74, 6) is -0.627. The normalized spacial score (nSPS) is 10.6. The number of thiazole rings is 1. The number of nitrogens with zero attached hydrogens (tertiary/aromatic N) is 2. The molecule has 0 N–H and O–H groups in total. The summed E-state index contributed by atoms with van der Waals surface area (Å²) in [5, 5.41) is 13.2. The minimum atomic E-state index is -0.777. The fourth-order valence-electron chi connectivity index (χ4n) is 2.08. The molecule has 3 rings (SSSR count). The van der Waals surface area contributed by atoms with E-state index in [0.29, 0.717) is 16.5 Å². The van der Waals surface area contributed by atoms with Crippen molar-refractivity contribution < 1.29 is 23.3 Å². The summed E-state index contributed by atoms with van der Waals surface area (Å²) in [6, 6.07) is 6.24. The molecule has 2 aromatic heterocycles. The van der Waals surface area contributed by atoms with E-state index in [1.54, 1.807) is 24.4 Å². The molecule has 0 fully saturated rings. The van der Waals surface area contributed by atoms with E-state index in [4.69, 9.17) is 9.15 Å². The third-order valence-corrected chi connectivity index (χ3v) is 4.08. The Morgan fingerprint density at radius 2 is 2.20 bits per heavy atom. The van der Waals surface area contributed by atoms with Gasteiger partial charge in [0, 0.05) is 17.5 Å². The van der Waals surface area contributed by atoms with Crippen molar-refractivity contribution in [3.8, 4) is 16.5 Å². The van der Waals surface area contributed by atoms with Crippen LogP contribution in [-0.4, -0.2) is 15.9 Å². The summed E-state index contributed by atoms with van der Waals surface area (Å²) in [6.45, 7) is 1.81. The molecule has 0 radical (unpaired) electrons. The van der Waals surface area contributed by atoms with Crippen LogP contribution in [0.5, 0.6) is 5.75 Å². The second-order valence-corrected chi connectivity index (χ2v) is 5.93. The Kier molecular flexibility index (Phi) is 4.57. The number of aromatic nitrogens is 1. The summed E-state index contributed by atoms with van der Waals surface area (Å²) in [4.78, 5) is 26.4. The van der Waals surface area contributed by atoms with Gasteiger partial charge in [0.1, 0.15) is 11.6 Å². The molecule has 1 aromatic carbocycles. The topological polar surface area (TPSA) is 95.5 Å². The van der Waals surface area contributed by atoms with Crippen LogP contribution in [0.25, 0.3) is 10.8 Å². The van der Waals surface area contributed by atoms with E-state index >= 15 is 0 Å². The average molecular weight is 362 g/mol. The predicted octanol–water partition coefficient (Wildman–Crippen LogP) is 3.91. The van der Waals surface area contributed by atoms with Crippen LogP contribution in [-0.2, 0) is 11.2 Å². The highest BCUT2D eigenvalue weighted by atomic mass is 32.1. The molecule has 0 atom stereocenters. The van der Waals surface area contributed by atoms with E-state index in [2.05, 4.69) is 4.98 Å². The summed E-state index contributed by atoms with van der Waals surface area (Å²) in [5.41, 5.74) is -0.0575. The summed E-state index contributed by atoms with van der Waals surface area (Å²) in [7, 11) is 0. The first-order valence-electron chi connectivity index (χ1n) is 7.08. The molecule has 0 bridgehead atoms. The fourth-order valence-corrected chi connectivity index (χ4v) is 2.86. The first-order valence-corrected chi connectivity index (χ1v) is 7.96. The van der Waals surface area contributed by atoms with Crippen LogP contribution < -0.4 is 4.74 Å². The number of carbonyl (C=O) groups excluding carboxylic acids is 1. The number of carbonyl (C=O) groups is 1. The maximum absolute atomic E-state index is 13.2. The molecule has 128 valence electrons. The van der Waals surface area contributed by atoms with Crippen LogP contribution in [0.15, 0.2) is 40.1 Å². The number of nitro groups is 1. The zero-order valence-corrected chi connectivity index (χ0v) is 13.7. The molecule has 9 heteroatoms. The van der Waals surface area contributed by atoms with Crippen LogP contribution in [0.3, 0.4) is 0 Å². The first-order chi connectivity index (χ1) is 11.9. The van der Waals surface area contributed by atoms with Crippen molar-refractivity contribution in [3.63, 3.8) is 0 Å². The number of nitro benzene ring substituents is 1. The summed E-state index contributed by atoms with van der Waals surface area (Å²) < 4.78 is 23.6. The van der Waals surface area contributed by atoms with E-state index < -0.39 is 28.1 Å². The van der Waals surface area contributed by atoms with Crippen molar-refractivity contribution in [2.75, 3.05) is 0 Å². The molecule has 0 aliphatic rings. The second-order valence-electron chi connectivity index (χ2n) is 5.07. The van der Waals surface area contributed by atoms with Gasteiger partial charge in [0.05, 0.1) is 17.0 Å². The van der Waals surface area contributed by atoms with Gasteiger partial charge in [-0.3, -0.25) is 14.9 Å². The number of ether oxygens (including phenoxy) is 1. The van der Waals surface area contributed by atoms with Gasteiger partial charge in [0.15, 0.2) is 10.8 Å². The van der Waals surface area contributed by atoms with Gasteiger partial charge in [-0.1, -0.05) is 0 Å². The van der Waals surface area contributed by atoms with E-state index in [1.807, 2.05) is 0 Å². The van der Waals surface area contributed by atoms with Gasteiger partial charge in [-0.05, 0) is 25.1 Å². The Hall–Kier alpha value is -3.07. The number of benzene rings is 1. The monoisotopic (exact) mass is 362 g/mol. The van der Waals surface area contributed by atoms with E-state index in [1.165, 1.54) is 11.3 Å². The molecule has 0 spiro atoms. The van der Waals surface area contributed by atoms with Crippen molar-refractivity contribution in [1.82, 2.24) is 4.98 Å². The van der Waals surface area contributed by atoms with E-state index in [9.17, 15) is 19.3 Å². The van der Waals surface area contributed by atoms with Crippen LogP contribution in [0, 0.1) is 22.9 Å². The Balaban J connectivity index is 1.72. The smallest absolute Gasteiger partial charge is 0.317 e. The molecule has 0 saturated carbocycles. The average Bonchev–Trinajstić information content (AvgIpc) is 3.15. The standard InChI is InChI=1S/C16H11FN2O5S/c1-9-2-5-13(23-9)16-18-11(8-25-16)7-15(20)24-14-6-10(17)3-4-12(14)19(21)22/h2-6,8H,7H2,1H3. The minimum Gasteiger partial charge on any atom is -0.459 e. The maximum Gasteiger partial charge on any atom is 0.317 e. The third kappa shape index (κ3) is 3.89. The summed E-state index contributed by atoms with van der Waals surface area (Å²) >= 11 is 1.29. The molecule has 0 aliphatic carbocycles. The molecule has 0 aliphatic heterocycles. The Morgan fingerprint density at radius 3 is 2.88 bits per heavy atom. The number of esters is 1. The quantitative estimate of drug-likeness (QED) is 0.296. The SMILES string of the molecule is Cc1ccc(-c2nc(CC(=O)Oc3cc(F)ccc3[N+](=O)[O-])cs2)o1. The number of aryl methyl sites for hydroxylation is 1. The van der Waals surface area contributed by atoms with E-state index in [-0.39, 0.29) is 6.42 Å². The number of hydrogen-bond acceptors (Lipinski definition) is 7. The number of halogens is 1. The molecule has 7 nitrogen and oxygen atoms in total. The van der Waals surface area contributed by atoms with Gasteiger partial charge in [-0.15, -0.1) is 11.3 Å². The largest absolute Gasteiger partial charge is 0.459 e. The Labute approximate surface area is 144 Å². The molecular weight excluding hydrogens is 351 g/mol. The molecule has 0 unspecified atom stereocenters. The number of rotatable bonds is 5. The van der Waals surface area contributed by atoms with Gasteiger partial charge in [0.2, 0.25) is 5.75 Å². The summed E-state index contributed by atoms with van der Waals surface area (Å²) in [6.07, 6.45) is -0.205. The van der Waals surface area contributed by atoms with Crippen molar-refractivity contribution in [2.45, 2.75) is 13.3 Å². The lowest BCUT2D eigenvalue weighted by Gasteiger charge is -2.04. The zero-order valence-electron chi connectivity index (χ0n) is 12.9. The molecule has 3 aromatic rings. The van der Waals surface area contributed by atoms with Gasteiger partial charge in [-0.25, -0.2) is 9.37 Å². The van der Waals surface area contributed by atoms with Crippen molar-refractivity contribution in [1.29, 1.82) is 0 Å². The molecule has 0 amide bonds. The fraction of sp³-hybridized carbons (Fsp3) is 0.125. The Morgan fingerprint density at radius 1 is 1.40 bits per heavy atom. The predicted molar refractivity (Wildman–Crippen MR) is 86.9 cm³/mol. The van der Waals surface area contributed by atoms with Gasteiger partial charge in [0.25, 0.3) is 0 Å². The lowest BCUT2D eigenvalue weighted by molar-refractivity contribution is -0.385. The third-order valence-electron chi connectivity index (χ3n) is 3.17. The van der Waals surface area contributed by atoms with Gasteiger partial charge < -0.3 is 9.15 Å². The number of furan rings is 1. The molecule has 2 heterocycles. The Bertz CT molecular complexity index is 950. The lowest BCUT2D eigenvalue weighted by atomic mass is 10.3. The number of hydrogen-bond donors (Lipinski definition) is 0. The van der Waals surface area contributed by atoms with Crippen molar-refractivity contribution >= 4 is 23.0 Å². The molecular formula is C16H11FN2O5S. The van der Waals surface area contributed by atoms with Crippen LogP contribution >= 0.6 is 11.3 Å². The highest BCUT2D eigenvalue weighted by Crippen LogP contribution is 2.29. The molecule has 0 saturated heterocycles. The van der Waals surface area contributed by atoms with Crippen LogP contribution in [0.2, 0.25) is 0 Å².